The van der Waals surface area contributed by atoms with E-state index in [0.717, 1.165) is 35.3 Å². The quantitative estimate of drug-likeness (QED) is 0.660. The molecule has 0 saturated carbocycles. The zero-order chi connectivity index (χ0) is 18.4. The molecule has 0 unspecified atom stereocenters. The fourth-order valence-electron chi connectivity index (χ4n) is 2.82. The van der Waals surface area contributed by atoms with Gasteiger partial charge < -0.3 is 14.8 Å². The smallest absolute Gasteiger partial charge is 0.311 e. The number of benzene rings is 2. The number of fused-ring (bicyclic) bond motifs is 1. The molecule has 26 heavy (non-hydrogen) atoms. The highest BCUT2D eigenvalue weighted by Gasteiger charge is 2.09. The first-order valence-corrected chi connectivity index (χ1v) is 8.52. The average molecular weight is 350 g/mol. The molecule has 5 heteroatoms. The molecule has 1 heterocycles. The summed E-state index contributed by atoms with van der Waals surface area (Å²) in [6, 6.07) is 17.9. The van der Waals surface area contributed by atoms with Crippen LogP contribution in [0.3, 0.4) is 0 Å². The number of para-hydroxylation sites is 1. The topological polar surface area (TPSA) is 60.5 Å². The number of carbonyl (C=O) groups is 1. The average Bonchev–Trinajstić information content (AvgIpc) is 2.68. The summed E-state index contributed by atoms with van der Waals surface area (Å²) in [6.07, 6.45) is 1.04. The second-order valence-electron chi connectivity index (χ2n) is 5.96. The number of aromatic nitrogens is 1. The van der Waals surface area contributed by atoms with Gasteiger partial charge >= 0.3 is 5.97 Å². The molecule has 1 aromatic heterocycles. The third-order valence-corrected chi connectivity index (χ3v) is 4.21. The lowest BCUT2D eigenvalue weighted by atomic mass is 10.1. The Bertz CT molecular complexity index is 891. The van der Waals surface area contributed by atoms with Crippen molar-refractivity contribution in [2.75, 3.05) is 26.1 Å². The van der Waals surface area contributed by atoms with Crippen molar-refractivity contribution in [3.05, 3.63) is 65.9 Å². The highest BCUT2D eigenvalue weighted by Crippen LogP contribution is 2.23. The molecule has 134 valence electrons. The van der Waals surface area contributed by atoms with Crippen LogP contribution in [0.15, 0.2) is 54.6 Å². The fraction of sp³-hybridized carbons (Fsp3) is 0.238. The Hall–Kier alpha value is -3.08. The van der Waals surface area contributed by atoms with Gasteiger partial charge in [0.2, 0.25) is 0 Å². The summed E-state index contributed by atoms with van der Waals surface area (Å²) in [5, 5.41) is 4.51. The highest BCUT2D eigenvalue weighted by molar-refractivity contribution is 5.92. The molecule has 0 radical (unpaired) electrons. The standard InChI is InChI=1S/C21H22N2O3/c1-25-17-9-7-15(8-10-17)11-12-22-20-13-16(14-21(24)26-2)23-19-6-4-3-5-18(19)20/h3-10,13H,11-12,14H2,1-2H3,(H,22,23). The van der Waals surface area contributed by atoms with Crippen molar-refractivity contribution in [2.24, 2.45) is 0 Å². The minimum absolute atomic E-state index is 0.161. The number of hydrogen-bond donors (Lipinski definition) is 1. The Morgan fingerprint density at radius 2 is 1.85 bits per heavy atom. The van der Waals surface area contributed by atoms with E-state index in [0.29, 0.717) is 5.69 Å². The summed E-state index contributed by atoms with van der Waals surface area (Å²) in [5.41, 5.74) is 3.76. The molecule has 0 aliphatic carbocycles. The molecule has 3 rings (SSSR count). The van der Waals surface area contributed by atoms with Gasteiger partial charge in [-0.2, -0.15) is 0 Å². The van der Waals surface area contributed by atoms with Gasteiger partial charge in [-0.25, -0.2) is 0 Å². The number of esters is 1. The van der Waals surface area contributed by atoms with Crippen LogP contribution in [0, 0.1) is 0 Å². The van der Waals surface area contributed by atoms with Crippen molar-refractivity contribution in [3.63, 3.8) is 0 Å². The lowest BCUT2D eigenvalue weighted by Crippen LogP contribution is -2.09. The van der Waals surface area contributed by atoms with Crippen LogP contribution in [-0.2, 0) is 22.4 Å². The first-order valence-electron chi connectivity index (χ1n) is 8.52. The molecular weight excluding hydrogens is 328 g/mol. The van der Waals surface area contributed by atoms with Gasteiger partial charge in [0.05, 0.1) is 31.9 Å². The molecule has 0 spiro atoms. The van der Waals surface area contributed by atoms with Crippen molar-refractivity contribution in [2.45, 2.75) is 12.8 Å². The third-order valence-electron chi connectivity index (χ3n) is 4.21. The maximum Gasteiger partial charge on any atom is 0.311 e. The summed E-state index contributed by atoms with van der Waals surface area (Å²) >= 11 is 0. The second kappa shape index (κ2) is 8.34. The predicted molar refractivity (Wildman–Crippen MR) is 103 cm³/mol. The monoisotopic (exact) mass is 350 g/mol. The van der Waals surface area contributed by atoms with E-state index in [1.165, 1.54) is 12.7 Å². The number of rotatable bonds is 7. The van der Waals surface area contributed by atoms with Gasteiger partial charge in [-0.1, -0.05) is 30.3 Å². The SMILES string of the molecule is COC(=O)Cc1cc(NCCc2ccc(OC)cc2)c2ccccc2n1. The van der Waals surface area contributed by atoms with Crippen LogP contribution >= 0.6 is 0 Å². The van der Waals surface area contributed by atoms with Gasteiger partial charge in [0, 0.05) is 17.6 Å². The zero-order valence-corrected chi connectivity index (χ0v) is 15.0. The van der Waals surface area contributed by atoms with Gasteiger partial charge in [-0.05, 0) is 36.2 Å². The molecule has 0 amide bonds. The lowest BCUT2D eigenvalue weighted by molar-refractivity contribution is -0.139. The number of ether oxygens (including phenoxy) is 2. The van der Waals surface area contributed by atoms with Crippen LogP contribution in [-0.4, -0.2) is 31.7 Å². The Kier molecular flexibility index (Phi) is 5.69. The summed E-state index contributed by atoms with van der Waals surface area (Å²) < 4.78 is 9.94. The molecule has 5 nitrogen and oxygen atoms in total. The molecule has 2 aromatic carbocycles. The van der Waals surface area contributed by atoms with Crippen LogP contribution in [0.25, 0.3) is 10.9 Å². The van der Waals surface area contributed by atoms with Crippen LogP contribution in [0.1, 0.15) is 11.3 Å². The Morgan fingerprint density at radius 3 is 2.58 bits per heavy atom. The van der Waals surface area contributed by atoms with Gasteiger partial charge in [0.1, 0.15) is 5.75 Å². The highest BCUT2D eigenvalue weighted by atomic mass is 16.5. The minimum atomic E-state index is -0.294. The van der Waals surface area contributed by atoms with E-state index in [1.54, 1.807) is 7.11 Å². The van der Waals surface area contributed by atoms with Crippen molar-refractivity contribution in [1.29, 1.82) is 0 Å². The molecule has 3 aromatic rings. The van der Waals surface area contributed by atoms with Crippen LogP contribution in [0.4, 0.5) is 5.69 Å². The van der Waals surface area contributed by atoms with E-state index in [-0.39, 0.29) is 12.4 Å². The molecular formula is C21H22N2O3. The largest absolute Gasteiger partial charge is 0.497 e. The number of carbonyl (C=O) groups excluding carboxylic acids is 1. The summed E-state index contributed by atoms with van der Waals surface area (Å²) in [4.78, 5) is 16.1. The number of anilines is 1. The van der Waals surface area contributed by atoms with Crippen molar-refractivity contribution >= 4 is 22.6 Å². The van der Waals surface area contributed by atoms with Crippen LogP contribution < -0.4 is 10.1 Å². The molecule has 0 aliphatic rings. The number of pyridine rings is 1. The Morgan fingerprint density at radius 1 is 1.08 bits per heavy atom. The van der Waals surface area contributed by atoms with E-state index in [4.69, 9.17) is 9.47 Å². The third kappa shape index (κ3) is 4.30. The molecule has 0 aliphatic heterocycles. The second-order valence-corrected chi connectivity index (χ2v) is 5.96. The van der Waals surface area contributed by atoms with Crippen molar-refractivity contribution in [1.82, 2.24) is 4.98 Å². The molecule has 0 bridgehead atoms. The normalized spacial score (nSPS) is 10.5. The fourth-order valence-corrected chi connectivity index (χ4v) is 2.82. The van der Waals surface area contributed by atoms with Gasteiger partial charge in [0.15, 0.2) is 0 Å². The van der Waals surface area contributed by atoms with Gasteiger partial charge in [-0.15, -0.1) is 0 Å². The number of nitrogens with one attached hydrogen (secondary N) is 1. The minimum Gasteiger partial charge on any atom is -0.497 e. The Labute approximate surface area is 153 Å². The molecule has 0 fully saturated rings. The first kappa shape index (κ1) is 17.7. The van der Waals surface area contributed by atoms with Crippen LogP contribution in [0.5, 0.6) is 5.75 Å². The predicted octanol–water partition coefficient (Wildman–Crippen LogP) is 3.61. The van der Waals surface area contributed by atoms with Crippen LogP contribution in [0.2, 0.25) is 0 Å². The Balaban J connectivity index is 1.75. The summed E-state index contributed by atoms with van der Waals surface area (Å²) in [6.45, 7) is 0.776. The van der Waals surface area contributed by atoms with E-state index in [9.17, 15) is 4.79 Å². The van der Waals surface area contributed by atoms with E-state index >= 15 is 0 Å². The van der Waals surface area contributed by atoms with E-state index < -0.39 is 0 Å². The molecule has 1 N–H and O–H groups in total. The molecule has 0 atom stereocenters. The van der Waals surface area contributed by atoms with Gasteiger partial charge in [-0.3, -0.25) is 9.78 Å². The van der Waals surface area contributed by atoms with Gasteiger partial charge in [0.25, 0.3) is 0 Å². The number of hydrogen-bond acceptors (Lipinski definition) is 5. The molecule has 0 saturated heterocycles. The maximum absolute atomic E-state index is 11.6. The van der Waals surface area contributed by atoms with E-state index in [2.05, 4.69) is 22.4 Å². The van der Waals surface area contributed by atoms with E-state index in [1.807, 2.05) is 42.5 Å². The zero-order valence-electron chi connectivity index (χ0n) is 15.0. The number of methoxy groups -OCH3 is 2. The first-order chi connectivity index (χ1) is 12.7. The summed E-state index contributed by atoms with van der Waals surface area (Å²) in [7, 11) is 3.05. The number of nitrogens with zero attached hydrogens (tertiary/aromatic N) is 1. The maximum atomic E-state index is 11.6. The lowest BCUT2D eigenvalue weighted by Gasteiger charge is -2.12. The summed E-state index contributed by atoms with van der Waals surface area (Å²) in [5.74, 6) is 0.561. The van der Waals surface area contributed by atoms with Crippen molar-refractivity contribution < 1.29 is 14.3 Å². The van der Waals surface area contributed by atoms with Crippen molar-refractivity contribution in [3.8, 4) is 5.75 Å².